The zero-order chi connectivity index (χ0) is 42.7. The minimum Gasteiger partial charge on any atom is -0.391 e. The summed E-state index contributed by atoms with van der Waals surface area (Å²) in [5.41, 5.74) is 0.871. The number of carbonyl (C=O) groups excluding carboxylic acids is 6. The Morgan fingerprint density at radius 3 is 1.54 bits per heavy atom. The van der Waals surface area contributed by atoms with Crippen LogP contribution in [0.15, 0.2) is 36.1 Å². The fourth-order valence-corrected chi connectivity index (χ4v) is 7.45. The SMILES string of the molecule is CC(C)C[C@H]1CN[C@@H](C(C)O)C(=O)N[C@H](C(C)C)C(=O)N[C@@H](CC2=CNC3C=CC=CC23)C(=O)N[C@H](CC(C)C)C(=O)N[C@@H](C(C)C)C(=O)N[C@H](C(C)C)C(=O)N1. The predicted molar refractivity (Wildman–Crippen MR) is 220 cm³/mol. The highest BCUT2D eigenvalue weighted by Crippen LogP contribution is 2.29. The van der Waals surface area contributed by atoms with Crippen molar-refractivity contribution in [1.29, 1.82) is 0 Å². The maximum Gasteiger partial charge on any atom is 0.243 e. The second-order valence-corrected chi connectivity index (χ2v) is 17.8. The molecule has 1 fully saturated rings. The molecule has 6 amide bonds. The van der Waals surface area contributed by atoms with Gasteiger partial charge in [0.1, 0.15) is 36.3 Å². The number of hydrogen-bond acceptors (Lipinski definition) is 9. The molecule has 3 unspecified atom stereocenters. The molecule has 2 heterocycles. The Labute approximate surface area is 339 Å². The third kappa shape index (κ3) is 13.7. The van der Waals surface area contributed by atoms with E-state index >= 15 is 0 Å². The van der Waals surface area contributed by atoms with Crippen LogP contribution in [0.2, 0.25) is 0 Å². The van der Waals surface area contributed by atoms with Crippen molar-refractivity contribution in [3.63, 3.8) is 0 Å². The fourth-order valence-electron chi connectivity index (χ4n) is 7.45. The number of allylic oxidation sites excluding steroid dienone is 2. The number of nitrogens with one attached hydrogen (secondary N) is 8. The molecule has 0 aromatic heterocycles. The Bertz CT molecular complexity index is 1520. The summed E-state index contributed by atoms with van der Waals surface area (Å²) in [5.74, 6) is -4.49. The minimum atomic E-state index is -1.18. The average molecular weight is 799 g/mol. The number of carbonyl (C=O) groups is 6. The first kappa shape index (κ1) is 47.1. The molecule has 9 N–H and O–H groups in total. The Hall–Kier alpha value is -4.24. The van der Waals surface area contributed by atoms with Gasteiger partial charge in [-0.3, -0.25) is 28.8 Å². The highest BCUT2D eigenvalue weighted by molar-refractivity contribution is 5.97. The molecule has 15 nitrogen and oxygen atoms in total. The van der Waals surface area contributed by atoms with Crippen LogP contribution < -0.4 is 42.5 Å². The lowest BCUT2D eigenvalue weighted by atomic mass is 9.87. The second-order valence-electron chi connectivity index (χ2n) is 17.8. The third-order valence-corrected chi connectivity index (χ3v) is 10.6. The monoisotopic (exact) mass is 799 g/mol. The van der Waals surface area contributed by atoms with Crippen LogP contribution in [0.1, 0.15) is 95.4 Å². The van der Waals surface area contributed by atoms with Gasteiger partial charge < -0.3 is 47.6 Å². The van der Waals surface area contributed by atoms with Crippen LogP contribution in [0.5, 0.6) is 0 Å². The molecular formula is C42H70N8O7. The van der Waals surface area contributed by atoms with Crippen LogP contribution in [0.3, 0.4) is 0 Å². The zero-order valence-electron chi connectivity index (χ0n) is 35.8. The van der Waals surface area contributed by atoms with E-state index in [1.165, 1.54) is 6.92 Å². The van der Waals surface area contributed by atoms with Gasteiger partial charge in [-0.2, -0.15) is 0 Å². The number of hydrogen-bond donors (Lipinski definition) is 9. The van der Waals surface area contributed by atoms with E-state index in [-0.39, 0.29) is 55.0 Å². The van der Waals surface area contributed by atoms with Gasteiger partial charge in [-0.1, -0.05) is 93.5 Å². The maximum absolute atomic E-state index is 14.3. The molecular weight excluding hydrogens is 729 g/mol. The molecule has 3 rings (SSSR count). The van der Waals surface area contributed by atoms with Gasteiger partial charge in [0.15, 0.2) is 0 Å². The van der Waals surface area contributed by atoms with Gasteiger partial charge in [-0.25, -0.2) is 0 Å². The lowest BCUT2D eigenvalue weighted by molar-refractivity contribution is -0.136. The molecule has 0 saturated carbocycles. The highest BCUT2D eigenvalue weighted by Gasteiger charge is 2.38. The van der Waals surface area contributed by atoms with Crippen LogP contribution in [0.25, 0.3) is 0 Å². The number of rotatable bonds is 10. The van der Waals surface area contributed by atoms with Gasteiger partial charge in [0.05, 0.1) is 12.1 Å². The molecule has 2 aliphatic heterocycles. The van der Waals surface area contributed by atoms with E-state index in [1.807, 2.05) is 72.0 Å². The summed E-state index contributed by atoms with van der Waals surface area (Å²) in [5, 5.41) is 34.5. The largest absolute Gasteiger partial charge is 0.391 e. The minimum absolute atomic E-state index is 0.00689. The van der Waals surface area contributed by atoms with Crippen molar-refractivity contribution in [2.45, 2.75) is 150 Å². The summed E-state index contributed by atoms with van der Waals surface area (Å²) >= 11 is 0. The Balaban J connectivity index is 2.10. The first-order chi connectivity index (χ1) is 26.7. The Morgan fingerprint density at radius 2 is 1.02 bits per heavy atom. The first-order valence-electron chi connectivity index (χ1n) is 20.7. The lowest BCUT2D eigenvalue weighted by Gasteiger charge is -2.31. The van der Waals surface area contributed by atoms with Crippen molar-refractivity contribution in [2.24, 2.45) is 35.5 Å². The van der Waals surface area contributed by atoms with Crippen LogP contribution >= 0.6 is 0 Å². The van der Waals surface area contributed by atoms with Crippen LogP contribution in [0, 0.1) is 35.5 Å². The van der Waals surface area contributed by atoms with Gasteiger partial charge in [0, 0.05) is 18.5 Å². The topological polar surface area (TPSA) is 219 Å². The van der Waals surface area contributed by atoms with Crippen molar-refractivity contribution in [3.8, 4) is 0 Å². The van der Waals surface area contributed by atoms with E-state index in [2.05, 4.69) is 42.5 Å². The van der Waals surface area contributed by atoms with E-state index in [1.54, 1.807) is 27.7 Å². The Kier molecular flexibility index (Phi) is 17.8. The number of fused-ring (bicyclic) bond motifs is 1. The molecule has 15 heteroatoms. The van der Waals surface area contributed by atoms with Gasteiger partial charge in [0.2, 0.25) is 35.4 Å². The molecule has 10 atom stereocenters. The molecule has 1 saturated heterocycles. The summed E-state index contributed by atoms with van der Waals surface area (Å²) < 4.78 is 0. The van der Waals surface area contributed by atoms with Crippen molar-refractivity contribution >= 4 is 35.4 Å². The number of amides is 6. The lowest BCUT2D eigenvalue weighted by Crippen LogP contribution is -2.61. The molecule has 0 bridgehead atoms. The van der Waals surface area contributed by atoms with Gasteiger partial charge in [-0.15, -0.1) is 0 Å². The summed E-state index contributed by atoms with van der Waals surface area (Å²) in [6.07, 6.45) is 9.44. The van der Waals surface area contributed by atoms with Gasteiger partial charge >= 0.3 is 0 Å². The van der Waals surface area contributed by atoms with Crippen molar-refractivity contribution in [2.75, 3.05) is 6.54 Å². The van der Waals surface area contributed by atoms with E-state index in [9.17, 15) is 33.9 Å². The molecule has 3 aliphatic rings. The molecule has 57 heavy (non-hydrogen) atoms. The maximum atomic E-state index is 14.3. The van der Waals surface area contributed by atoms with E-state index in [4.69, 9.17) is 0 Å². The third-order valence-electron chi connectivity index (χ3n) is 10.6. The summed E-state index contributed by atoms with van der Waals surface area (Å²) in [4.78, 5) is 84.2. The van der Waals surface area contributed by atoms with Crippen LogP contribution in [0.4, 0.5) is 0 Å². The van der Waals surface area contributed by atoms with E-state index in [0.29, 0.717) is 6.42 Å². The number of aliphatic hydroxyl groups excluding tert-OH is 1. The summed E-state index contributed by atoms with van der Waals surface area (Å²) in [6.45, 7) is 20.1. The van der Waals surface area contributed by atoms with E-state index < -0.39 is 89.8 Å². The quantitative estimate of drug-likeness (QED) is 0.155. The molecule has 1 aliphatic carbocycles. The smallest absolute Gasteiger partial charge is 0.243 e. The highest BCUT2D eigenvalue weighted by atomic mass is 16.3. The predicted octanol–water partition coefficient (Wildman–Crippen LogP) is 1.30. The van der Waals surface area contributed by atoms with Gasteiger partial charge in [0.25, 0.3) is 0 Å². The second kappa shape index (κ2) is 21.5. The summed E-state index contributed by atoms with van der Waals surface area (Å²) in [7, 11) is 0. The normalized spacial score (nSPS) is 30.5. The molecule has 0 aromatic rings. The standard InChI is InChI=1S/C42H70N8O7/c1-21(2)16-28-20-44-36(26(11)51)42(57)50-34(24(7)8)40(55)47-32(18-27-19-43-30-15-13-12-14-29(27)30)37(52)46-31(17-22(3)4)38(53)48-35(25(9)10)41(56)49-33(23(5)6)39(54)45-28/h12-15,19,21-26,28-36,43-44,51H,16-18,20H2,1-11H3,(H,45,54)(H,46,52)(H,47,55)(H,48,53)(H,49,56)(H,50,57)/t26?,28-,29?,30?,31+,32-,33+,34+,35-,36-/m0/s1. The van der Waals surface area contributed by atoms with E-state index in [0.717, 1.165) is 5.57 Å². The zero-order valence-corrected chi connectivity index (χ0v) is 35.8. The molecule has 0 aromatic carbocycles. The molecule has 320 valence electrons. The molecule has 0 radical (unpaired) electrons. The van der Waals surface area contributed by atoms with Crippen molar-refractivity contribution < 1.29 is 33.9 Å². The first-order valence-corrected chi connectivity index (χ1v) is 20.7. The number of aliphatic hydroxyl groups is 1. The van der Waals surface area contributed by atoms with Crippen molar-refractivity contribution in [3.05, 3.63) is 36.1 Å². The average Bonchev–Trinajstić information content (AvgIpc) is 3.51. The van der Waals surface area contributed by atoms with Crippen LogP contribution in [-0.2, 0) is 28.8 Å². The molecule has 0 spiro atoms. The fraction of sp³-hybridized carbons (Fsp3) is 0.714. The van der Waals surface area contributed by atoms with Gasteiger partial charge in [-0.05, 0) is 67.5 Å². The van der Waals surface area contributed by atoms with Crippen molar-refractivity contribution in [1.82, 2.24) is 42.5 Å². The summed E-state index contributed by atoms with van der Waals surface area (Å²) in [6, 6.07) is -6.96. The van der Waals surface area contributed by atoms with Crippen LogP contribution in [-0.4, -0.2) is 102 Å². The Morgan fingerprint density at radius 1 is 0.561 bits per heavy atom.